The third-order valence-corrected chi connectivity index (χ3v) is 5.66. The molecule has 4 heterocycles. The topological polar surface area (TPSA) is 59.7 Å². The molecule has 7 heteroatoms. The van der Waals surface area contributed by atoms with Crippen LogP contribution in [0.1, 0.15) is 22.2 Å². The Balaban J connectivity index is 1.42. The highest BCUT2D eigenvalue weighted by Crippen LogP contribution is 2.27. The molecule has 6 nitrogen and oxygen atoms in total. The summed E-state index contributed by atoms with van der Waals surface area (Å²) in [6.45, 7) is 1.55. The smallest absolute Gasteiger partial charge is 0.254 e. The Labute approximate surface area is 166 Å². The van der Waals surface area contributed by atoms with E-state index in [1.807, 2.05) is 52.2 Å². The quantitative estimate of drug-likeness (QED) is 0.536. The van der Waals surface area contributed by atoms with E-state index in [2.05, 4.69) is 28.5 Å². The van der Waals surface area contributed by atoms with Gasteiger partial charge >= 0.3 is 0 Å². The third-order valence-electron chi connectivity index (χ3n) is 4.97. The highest BCUT2D eigenvalue weighted by Gasteiger charge is 2.29. The largest absolute Gasteiger partial charge is 0.368 e. The molecule has 1 fully saturated rings. The van der Waals surface area contributed by atoms with E-state index < -0.39 is 0 Å². The van der Waals surface area contributed by atoms with Gasteiger partial charge in [-0.2, -0.15) is 11.3 Å². The third kappa shape index (κ3) is 3.08. The Kier molecular flexibility index (Phi) is 4.38. The average molecular weight is 390 g/mol. The van der Waals surface area contributed by atoms with Gasteiger partial charge in [-0.1, -0.05) is 41.6 Å². The monoisotopic (exact) mass is 390 g/mol. The van der Waals surface area contributed by atoms with Crippen LogP contribution in [0.3, 0.4) is 0 Å². The zero-order valence-electron chi connectivity index (χ0n) is 15.1. The molecule has 1 saturated heterocycles. The summed E-state index contributed by atoms with van der Waals surface area (Å²) in [6.07, 6.45) is 1.69. The zero-order chi connectivity index (χ0) is 18.9. The minimum atomic E-state index is -0.281. The van der Waals surface area contributed by atoms with Crippen molar-refractivity contribution < 1.29 is 9.53 Å². The molecule has 1 aliphatic heterocycles. The number of amides is 1. The van der Waals surface area contributed by atoms with Gasteiger partial charge in [-0.15, -0.1) is 5.10 Å². The van der Waals surface area contributed by atoms with Crippen LogP contribution in [0.2, 0.25) is 0 Å². The van der Waals surface area contributed by atoms with Crippen molar-refractivity contribution in [2.75, 3.05) is 19.7 Å². The number of fused-ring (bicyclic) bond motifs is 1. The van der Waals surface area contributed by atoms with Gasteiger partial charge in [0.2, 0.25) is 0 Å². The molecule has 1 aromatic carbocycles. The number of hydrogen-bond donors (Lipinski definition) is 0. The summed E-state index contributed by atoms with van der Waals surface area (Å²) >= 11 is 1.53. The molecular formula is C21H18N4O2S. The van der Waals surface area contributed by atoms with Crippen LogP contribution >= 0.6 is 11.3 Å². The second-order valence-electron chi connectivity index (χ2n) is 6.71. The van der Waals surface area contributed by atoms with Gasteiger partial charge in [-0.25, -0.2) is 4.52 Å². The van der Waals surface area contributed by atoms with Crippen LogP contribution in [-0.4, -0.2) is 45.3 Å². The van der Waals surface area contributed by atoms with E-state index in [4.69, 9.17) is 4.74 Å². The van der Waals surface area contributed by atoms with Gasteiger partial charge in [0.25, 0.3) is 5.91 Å². The summed E-state index contributed by atoms with van der Waals surface area (Å²) < 4.78 is 7.71. The van der Waals surface area contributed by atoms with Crippen LogP contribution in [0, 0.1) is 0 Å². The molecule has 140 valence electrons. The van der Waals surface area contributed by atoms with E-state index in [9.17, 15) is 4.79 Å². The fourth-order valence-corrected chi connectivity index (χ4v) is 4.14. The van der Waals surface area contributed by atoms with Gasteiger partial charge in [-0.05, 0) is 23.1 Å². The van der Waals surface area contributed by atoms with Crippen LogP contribution in [0.5, 0.6) is 0 Å². The molecule has 0 saturated carbocycles. The van der Waals surface area contributed by atoms with E-state index in [0.29, 0.717) is 19.7 Å². The lowest BCUT2D eigenvalue weighted by Gasteiger charge is -2.32. The molecule has 0 unspecified atom stereocenters. The van der Waals surface area contributed by atoms with Gasteiger partial charge in [0.05, 0.1) is 24.2 Å². The van der Waals surface area contributed by atoms with Gasteiger partial charge in [-0.3, -0.25) is 4.79 Å². The van der Waals surface area contributed by atoms with Crippen LogP contribution in [0.15, 0.2) is 65.5 Å². The number of rotatable bonds is 3. The minimum absolute atomic E-state index is 0.0392. The van der Waals surface area contributed by atoms with Crippen molar-refractivity contribution in [3.63, 3.8) is 0 Å². The molecule has 1 atom stereocenters. The predicted octanol–water partition coefficient (Wildman–Crippen LogP) is 3.67. The number of morpholine rings is 1. The number of ether oxygens (including phenoxy) is 1. The lowest BCUT2D eigenvalue weighted by atomic mass is 10.1. The standard InChI is InChI=1S/C21H18N4O2S/c26-21(17-8-11-28-14-17)24-9-10-27-19(13-24)20-18-7-6-16(12-25(18)23-22-20)15-4-2-1-3-5-15/h1-8,11-12,14,19H,9-10,13H2/t19-/m0/s1. The Morgan fingerprint density at radius 1 is 1.11 bits per heavy atom. The molecule has 0 aliphatic carbocycles. The molecule has 5 rings (SSSR count). The summed E-state index contributed by atoms with van der Waals surface area (Å²) in [7, 11) is 0. The van der Waals surface area contributed by atoms with E-state index in [1.54, 1.807) is 4.52 Å². The molecule has 1 aliphatic rings. The van der Waals surface area contributed by atoms with Gasteiger partial charge in [0.1, 0.15) is 11.8 Å². The van der Waals surface area contributed by atoms with Gasteiger partial charge < -0.3 is 9.64 Å². The first kappa shape index (κ1) is 17.1. The molecule has 1 amide bonds. The van der Waals surface area contributed by atoms with Crippen LogP contribution in [0.4, 0.5) is 0 Å². The average Bonchev–Trinajstić information content (AvgIpc) is 3.43. The number of carbonyl (C=O) groups excluding carboxylic acids is 1. The maximum absolute atomic E-state index is 12.7. The van der Waals surface area contributed by atoms with Crippen molar-refractivity contribution in [2.24, 2.45) is 0 Å². The molecule has 0 N–H and O–H groups in total. The van der Waals surface area contributed by atoms with Crippen LogP contribution in [-0.2, 0) is 4.74 Å². The predicted molar refractivity (Wildman–Crippen MR) is 107 cm³/mol. The molecular weight excluding hydrogens is 372 g/mol. The second kappa shape index (κ2) is 7.18. The fourth-order valence-electron chi connectivity index (χ4n) is 3.51. The number of pyridine rings is 1. The van der Waals surface area contributed by atoms with Crippen LogP contribution in [0.25, 0.3) is 16.6 Å². The maximum atomic E-state index is 12.7. The highest BCUT2D eigenvalue weighted by atomic mass is 32.1. The molecule has 3 aromatic heterocycles. The Morgan fingerprint density at radius 2 is 2.00 bits per heavy atom. The number of hydrogen-bond acceptors (Lipinski definition) is 5. The summed E-state index contributed by atoms with van der Waals surface area (Å²) in [5, 5.41) is 12.4. The van der Waals surface area contributed by atoms with Crippen molar-refractivity contribution in [2.45, 2.75) is 6.10 Å². The van der Waals surface area contributed by atoms with E-state index in [0.717, 1.165) is 27.9 Å². The van der Waals surface area contributed by atoms with E-state index in [1.165, 1.54) is 11.3 Å². The molecule has 0 radical (unpaired) electrons. The summed E-state index contributed by atoms with van der Waals surface area (Å²) in [5.41, 5.74) is 4.59. The maximum Gasteiger partial charge on any atom is 0.254 e. The Morgan fingerprint density at radius 3 is 2.82 bits per heavy atom. The summed E-state index contributed by atoms with van der Waals surface area (Å²) in [6, 6.07) is 16.1. The summed E-state index contributed by atoms with van der Waals surface area (Å²) in [5.74, 6) is 0.0392. The fraction of sp³-hybridized carbons (Fsp3) is 0.190. The normalized spacial score (nSPS) is 17.1. The van der Waals surface area contributed by atoms with E-state index in [-0.39, 0.29) is 12.0 Å². The first-order valence-electron chi connectivity index (χ1n) is 9.13. The Hall–Kier alpha value is -3.03. The lowest BCUT2D eigenvalue weighted by Crippen LogP contribution is -2.42. The number of thiophene rings is 1. The summed E-state index contributed by atoms with van der Waals surface area (Å²) in [4.78, 5) is 14.5. The molecule has 4 aromatic rings. The molecule has 0 spiro atoms. The molecule has 28 heavy (non-hydrogen) atoms. The SMILES string of the molecule is O=C(c1ccsc1)N1CCO[C@H](c2nnn3cc(-c4ccccc4)ccc23)C1. The second-order valence-corrected chi connectivity index (χ2v) is 7.49. The van der Waals surface area contributed by atoms with Crippen LogP contribution < -0.4 is 0 Å². The Bertz CT molecular complexity index is 1110. The number of carbonyl (C=O) groups is 1. The van der Waals surface area contributed by atoms with Crippen molar-refractivity contribution in [3.05, 3.63) is 76.7 Å². The lowest BCUT2D eigenvalue weighted by molar-refractivity contribution is -0.0241. The minimum Gasteiger partial charge on any atom is -0.368 e. The van der Waals surface area contributed by atoms with Crippen molar-refractivity contribution >= 4 is 22.8 Å². The van der Waals surface area contributed by atoms with Gasteiger partial charge in [0.15, 0.2) is 0 Å². The van der Waals surface area contributed by atoms with Gasteiger partial charge in [0, 0.05) is 23.7 Å². The number of aromatic nitrogens is 3. The zero-order valence-corrected chi connectivity index (χ0v) is 15.9. The first-order chi connectivity index (χ1) is 13.8. The van der Waals surface area contributed by atoms with Crippen molar-refractivity contribution in [1.29, 1.82) is 0 Å². The van der Waals surface area contributed by atoms with Crippen molar-refractivity contribution in [1.82, 2.24) is 19.7 Å². The highest BCUT2D eigenvalue weighted by molar-refractivity contribution is 7.08. The number of nitrogens with zero attached hydrogens (tertiary/aromatic N) is 4. The number of benzene rings is 1. The molecule has 0 bridgehead atoms. The van der Waals surface area contributed by atoms with Crippen molar-refractivity contribution in [3.8, 4) is 11.1 Å². The van der Waals surface area contributed by atoms with E-state index >= 15 is 0 Å². The first-order valence-corrected chi connectivity index (χ1v) is 10.1.